The number of ether oxygens (including phenoxy) is 5. The van der Waals surface area contributed by atoms with E-state index >= 15 is 0 Å². The van der Waals surface area contributed by atoms with Crippen LogP contribution >= 0.6 is 22.7 Å². The second-order valence-corrected chi connectivity index (χ2v) is 11.2. The number of fused-ring (bicyclic) bond motifs is 2. The van der Waals surface area contributed by atoms with Gasteiger partial charge in [0.1, 0.15) is 29.4 Å². The quantitative estimate of drug-likeness (QED) is 0.252. The molecular weight excluding hydrogens is 528 g/mol. The van der Waals surface area contributed by atoms with Gasteiger partial charge in [0.2, 0.25) is 4.96 Å². The van der Waals surface area contributed by atoms with Crippen molar-refractivity contribution in [2.24, 2.45) is 0 Å². The number of methoxy groups -OCH3 is 2. The second-order valence-electron chi connectivity index (χ2n) is 9.42. The summed E-state index contributed by atoms with van der Waals surface area (Å²) in [5.74, 6) is 2.02. The molecule has 0 bridgehead atoms. The van der Waals surface area contributed by atoms with Gasteiger partial charge in [-0.1, -0.05) is 0 Å². The van der Waals surface area contributed by atoms with E-state index in [0.29, 0.717) is 59.5 Å². The average Bonchev–Trinajstić information content (AvgIpc) is 3.75. The highest BCUT2D eigenvalue weighted by molar-refractivity contribution is 7.18. The minimum Gasteiger partial charge on any atom is -0.496 e. The first kappa shape index (κ1) is 23.9. The van der Waals surface area contributed by atoms with Crippen molar-refractivity contribution >= 4 is 38.6 Å². The van der Waals surface area contributed by atoms with E-state index in [1.807, 2.05) is 24.4 Å². The molecule has 0 amide bonds. The molecular formula is C26H26N4O6S2. The van der Waals surface area contributed by atoms with Crippen molar-refractivity contribution < 1.29 is 28.1 Å². The number of hydrogen-bond donors (Lipinski definition) is 0. The van der Waals surface area contributed by atoms with Gasteiger partial charge in [0.25, 0.3) is 5.19 Å². The molecule has 0 radical (unpaired) electrons. The maximum atomic E-state index is 6.26. The van der Waals surface area contributed by atoms with Crippen LogP contribution in [0.25, 0.3) is 27.4 Å². The SMILES string of the molecule is COc1cc(OCc2csc(C3CCC4(CC3)OCCO4)n2)c2cc(-c3cn4nc(OC)sc4n3)oc2c1. The van der Waals surface area contributed by atoms with Gasteiger partial charge in [-0.3, -0.25) is 0 Å². The van der Waals surface area contributed by atoms with Gasteiger partial charge in [0.05, 0.1) is 49.7 Å². The molecule has 0 atom stereocenters. The Balaban J connectivity index is 1.09. The molecule has 2 aliphatic rings. The molecule has 0 N–H and O–H groups in total. The van der Waals surface area contributed by atoms with Crippen LogP contribution in [-0.2, 0) is 16.1 Å². The number of imidazole rings is 1. The van der Waals surface area contributed by atoms with Crippen LogP contribution in [0.5, 0.6) is 16.7 Å². The minimum atomic E-state index is -0.351. The van der Waals surface area contributed by atoms with Gasteiger partial charge in [-0.2, -0.15) is 0 Å². The number of nitrogens with zero attached hydrogens (tertiary/aromatic N) is 4. The Morgan fingerprint density at radius 1 is 1.08 bits per heavy atom. The Bertz CT molecular complexity index is 1560. The Hall–Kier alpha value is -3.19. The van der Waals surface area contributed by atoms with Crippen molar-refractivity contribution in [1.82, 2.24) is 19.6 Å². The number of benzene rings is 1. The second kappa shape index (κ2) is 9.53. The van der Waals surface area contributed by atoms with E-state index in [9.17, 15) is 0 Å². The fraction of sp³-hybridized carbons (Fsp3) is 0.423. The van der Waals surface area contributed by atoms with Gasteiger partial charge in [0, 0.05) is 36.3 Å². The van der Waals surface area contributed by atoms with Crippen molar-refractivity contribution in [3.63, 3.8) is 0 Å². The highest BCUT2D eigenvalue weighted by atomic mass is 32.1. The van der Waals surface area contributed by atoms with Gasteiger partial charge >= 0.3 is 0 Å². The van der Waals surface area contributed by atoms with Gasteiger partial charge in [-0.15, -0.1) is 16.4 Å². The predicted molar refractivity (Wildman–Crippen MR) is 141 cm³/mol. The standard InChI is InChI=1S/C26H26N4O6S2/c1-31-17-9-20(18-11-22(36-21(18)10-17)19-12-30-24(28-19)38-25(29-30)32-2)33-13-16-14-37-23(27-16)15-3-5-26(6-4-15)34-7-8-35-26/h9-12,14-15H,3-8,13H2,1-2H3. The van der Waals surface area contributed by atoms with E-state index in [1.54, 1.807) is 30.1 Å². The van der Waals surface area contributed by atoms with Crippen LogP contribution in [0.3, 0.4) is 0 Å². The van der Waals surface area contributed by atoms with Crippen molar-refractivity contribution in [2.45, 2.75) is 44.0 Å². The predicted octanol–water partition coefficient (Wildman–Crippen LogP) is 5.66. The van der Waals surface area contributed by atoms with Crippen LogP contribution in [0, 0.1) is 0 Å². The van der Waals surface area contributed by atoms with E-state index in [4.69, 9.17) is 33.1 Å². The number of furan rings is 1. The number of thiazole rings is 1. The third kappa shape index (κ3) is 4.31. The summed E-state index contributed by atoms with van der Waals surface area (Å²) in [6.45, 7) is 1.75. The Morgan fingerprint density at radius 2 is 1.92 bits per heavy atom. The molecule has 1 spiro atoms. The minimum absolute atomic E-state index is 0.351. The maximum absolute atomic E-state index is 6.26. The normalized spacial score (nSPS) is 17.6. The summed E-state index contributed by atoms with van der Waals surface area (Å²) >= 11 is 3.07. The van der Waals surface area contributed by atoms with Crippen LogP contribution in [0.1, 0.15) is 42.3 Å². The number of rotatable bonds is 7. The third-order valence-electron chi connectivity index (χ3n) is 7.12. The lowest BCUT2D eigenvalue weighted by atomic mass is 9.85. The topological polar surface area (TPSA) is 102 Å². The van der Waals surface area contributed by atoms with Gasteiger partial charge in [-0.05, 0) is 30.2 Å². The van der Waals surface area contributed by atoms with Crippen LogP contribution in [0.15, 0.2) is 34.2 Å². The molecule has 5 aromatic rings. The maximum Gasteiger partial charge on any atom is 0.294 e. The first-order valence-corrected chi connectivity index (χ1v) is 14.2. The molecule has 38 heavy (non-hydrogen) atoms. The summed E-state index contributed by atoms with van der Waals surface area (Å²) in [6, 6.07) is 5.65. The Morgan fingerprint density at radius 3 is 2.68 bits per heavy atom. The Kier molecular flexibility index (Phi) is 5.99. The highest BCUT2D eigenvalue weighted by Crippen LogP contribution is 2.43. The fourth-order valence-corrected chi connectivity index (χ4v) is 6.82. The highest BCUT2D eigenvalue weighted by Gasteiger charge is 2.41. The fourth-order valence-electron chi connectivity index (χ4n) is 5.15. The smallest absolute Gasteiger partial charge is 0.294 e. The molecule has 1 saturated heterocycles. The van der Waals surface area contributed by atoms with Crippen molar-refractivity contribution in [3.8, 4) is 28.1 Å². The summed E-state index contributed by atoms with van der Waals surface area (Å²) in [7, 11) is 3.21. The van der Waals surface area contributed by atoms with Gasteiger partial charge in [0.15, 0.2) is 11.5 Å². The monoisotopic (exact) mass is 554 g/mol. The molecule has 2 fully saturated rings. The van der Waals surface area contributed by atoms with E-state index in [0.717, 1.165) is 46.7 Å². The molecule has 1 saturated carbocycles. The molecule has 1 aliphatic heterocycles. The van der Waals surface area contributed by atoms with Crippen LogP contribution < -0.4 is 14.2 Å². The first-order chi connectivity index (χ1) is 18.6. The lowest BCUT2D eigenvalue weighted by Crippen LogP contribution is -2.34. The van der Waals surface area contributed by atoms with E-state index in [1.165, 1.54) is 11.3 Å². The largest absolute Gasteiger partial charge is 0.496 e. The molecule has 198 valence electrons. The van der Waals surface area contributed by atoms with Crippen molar-refractivity contribution in [2.75, 3.05) is 27.4 Å². The van der Waals surface area contributed by atoms with E-state index in [-0.39, 0.29) is 5.79 Å². The number of hydrogen-bond acceptors (Lipinski definition) is 11. The van der Waals surface area contributed by atoms with E-state index in [2.05, 4.69) is 15.5 Å². The molecule has 1 aromatic carbocycles. The van der Waals surface area contributed by atoms with Crippen LogP contribution in [0.4, 0.5) is 0 Å². The third-order valence-corrected chi connectivity index (χ3v) is 9.06. The lowest BCUT2D eigenvalue weighted by molar-refractivity contribution is -0.178. The molecule has 1 aliphatic carbocycles. The van der Waals surface area contributed by atoms with Crippen LogP contribution in [-0.4, -0.2) is 52.8 Å². The molecule has 12 heteroatoms. The van der Waals surface area contributed by atoms with Crippen LogP contribution in [0.2, 0.25) is 0 Å². The molecule has 0 unspecified atom stereocenters. The van der Waals surface area contributed by atoms with Gasteiger partial charge in [-0.25, -0.2) is 14.5 Å². The zero-order valence-electron chi connectivity index (χ0n) is 21.0. The molecule has 5 heterocycles. The summed E-state index contributed by atoms with van der Waals surface area (Å²) in [6.07, 6.45) is 5.71. The zero-order valence-corrected chi connectivity index (χ0v) is 22.6. The molecule has 7 rings (SSSR count). The summed E-state index contributed by atoms with van der Waals surface area (Å²) < 4.78 is 36.5. The zero-order chi connectivity index (χ0) is 25.7. The average molecular weight is 555 g/mol. The van der Waals surface area contributed by atoms with Crippen molar-refractivity contribution in [3.05, 3.63) is 40.5 Å². The van der Waals surface area contributed by atoms with Gasteiger partial charge < -0.3 is 28.1 Å². The first-order valence-electron chi connectivity index (χ1n) is 12.5. The molecule has 4 aromatic heterocycles. The summed E-state index contributed by atoms with van der Waals surface area (Å²) in [5, 5.41) is 8.97. The lowest BCUT2D eigenvalue weighted by Gasteiger charge is -2.34. The molecule has 10 nitrogen and oxygen atoms in total. The Labute approximate surface area is 226 Å². The summed E-state index contributed by atoms with van der Waals surface area (Å²) in [4.78, 5) is 10.3. The van der Waals surface area contributed by atoms with Crippen molar-refractivity contribution in [1.29, 1.82) is 0 Å². The number of aromatic nitrogens is 4. The summed E-state index contributed by atoms with van der Waals surface area (Å²) in [5.41, 5.74) is 2.25. The van der Waals surface area contributed by atoms with E-state index < -0.39 is 0 Å².